The van der Waals surface area contributed by atoms with Gasteiger partial charge in [-0.15, -0.1) is 0 Å². The maximum atomic E-state index is 13.7. The monoisotopic (exact) mass is 586 g/mol. The van der Waals surface area contributed by atoms with Gasteiger partial charge in [-0.25, -0.2) is 9.78 Å². The average Bonchev–Trinajstić information content (AvgIpc) is 3.02. The Morgan fingerprint density at radius 3 is 2.43 bits per heavy atom. The van der Waals surface area contributed by atoms with Crippen LogP contribution in [0.2, 0.25) is 5.02 Å². The van der Waals surface area contributed by atoms with E-state index < -0.39 is 5.97 Å². The number of carbonyl (C=O) groups is 2. The van der Waals surface area contributed by atoms with Gasteiger partial charge in [-0.1, -0.05) is 43.0 Å². The first-order valence-corrected chi connectivity index (χ1v) is 14.2. The molecular weight excluding hydrogens is 556 g/mol. The maximum Gasteiger partial charge on any atom is 0.339 e. The van der Waals surface area contributed by atoms with Crippen LogP contribution in [0.25, 0.3) is 0 Å². The van der Waals surface area contributed by atoms with Gasteiger partial charge in [0, 0.05) is 41.0 Å². The number of benzene rings is 2. The highest BCUT2D eigenvalue weighted by Crippen LogP contribution is 2.26. The van der Waals surface area contributed by atoms with Crippen LogP contribution in [0.15, 0.2) is 78.0 Å². The summed E-state index contributed by atoms with van der Waals surface area (Å²) in [5, 5.41) is 3.82. The summed E-state index contributed by atoms with van der Waals surface area (Å²) >= 11 is 6.07. The van der Waals surface area contributed by atoms with E-state index in [1.807, 2.05) is 12.1 Å². The Balaban J connectivity index is 1.36. The van der Waals surface area contributed by atoms with E-state index in [-0.39, 0.29) is 35.8 Å². The normalized spacial score (nSPS) is 13.4. The van der Waals surface area contributed by atoms with Crippen LogP contribution >= 0.6 is 11.6 Å². The fourth-order valence-corrected chi connectivity index (χ4v) is 5.13. The highest BCUT2D eigenvalue weighted by molar-refractivity contribution is 6.30. The number of pyridine rings is 1. The van der Waals surface area contributed by atoms with Gasteiger partial charge in [0.05, 0.1) is 25.4 Å². The van der Waals surface area contributed by atoms with Crippen LogP contribution in [0.5, 0.6) is 11.5 Å². The van der Waals surface area contributed by atoms with Crippen molar-refractivity contribution in [3.05, 3.63) is 105 Å². The summed E-state index contributed by atoms with van der Waals surface area (Å²) in [5.41, 5.74) is 1.95. The summed E-state index contributed by atoms with van der Waals surface area (Å²) < 4.78 is 12.1. The smallest absolute Gasteiger partial charge is 0.339 e. The predicted octanol–water partition coefficient (Wildman–Crippen LogP) is 6.35. The minimum atomic E-state index is -0.506. The van der Waals surface area contributed by atoms with Gasteiger partial charge >= 0.3 is 5.97 Å². The zero-order valence-electron chi connectivity index (χ0n) is 23.2. The molecule has 0 aliphatic heterocycles. The molecule has 1 aliphatic carbocycles. The highest BCUT2D eigenvalue weighted by Gasteiger charge is 2.23. The van der Waals surface area contributed by atoms with Crippen LogP contribution in [-0.4, -0.2) is 33.4 Å². The van der Waals surface area contributed by atoms with E-state index >= 15 is 0 Å². The molecule has 2 aromatic carbocycles. The number of nitrogens with one attached hydrogen (secondary N) is 1. The lowest BCUT2D eigenvalue weighted by Gasteiger charge is -2.20. The molecule has 2 aromatic heterocycles. The number of methoxy groups -OCH3 is 1. The number of ketones is 1. The van der Waals surface area contributed by atoms with Crippen molar-refractivity contribution in [2.75, 3.05) is 12.4 Å². The largest absolute Gasteiger partial charge is 0.465 e. The lowest BCUT2D eigenvalue weighted by Crippen LogP contribution is -2.30. The van der Waals surface area contributed by atoms with Crippen molar-refractivity contribution in [3.8, 4) is 11.5 Å². The zero-order chi connectivity index (χ0) is 29.5. The minimum Gasteiger partial charge on any atom is -0.465 e. The van der Waals surface area contributed by atoms with E-state index in [1.165, 1.54) is 25.7 Å². The molecule has 5 rings (SSSR count). The third kappa shape index (κ3) is 7.22. The fraction of sp³-hybridized carbons (Fsp3) is 0.281. The number of ether oxygens (including phenoxy) is 2. The Bertz CT molecular complexity index is 1610. The third-order valence-electron chi connectivity index (χ3n) is 7.28. The number of hydrogen-bond donors (Lipinski definition) is 1. The molecule has 4 aromatic rings. The van der Waals surface area contributed by atoms with E-state index in [2.05, 4.69) is 15.3 Å². The molecule has 216 valence electrons. The maximum absolute atomic E-state index is 13.7. The van der Waals surface area contributed by atoms with Crippen LogP contribution < -0.4 is 15.6 Å². The number of anilines is 2. The number of hydrogen-bond acceptors (Lipinski definition) is 8. The van der Waals surface area contributed by atoms with Gasteiger partial charge in [-0.05, 0) is 60.9 Å². The molecule has 1 N–H and O–H groups in total. The molecule has 2 heterocycles. The van der Waals surface area contributed by atoms with Crippen molar-refractivity contribution in [3.63, 3.8) is 0 Å². The molecule has 0 bridgehead atoms. The average molecular weight is 587 g/mol. The van der Waals surface area contributed by atoms with Crippen LogP contribution in [0.4, 0.5) is 11.6 Å². The Morgan fingerprint density at radius 2 is 1.71 bits per heavy atom. The summed E-state index contributed by atoms with van der Waals surface area (Å²) in [5.74, 6) is 0.861. The molecule has 0 amide bonds. The number of carbonyl (C=O) groups excluding carboxylic acids is 2. The first-order chi connectivity index (χ1) is 20.4. The summed E-state index contributed by atoms with van der Waals surface area (Å²) in [7, 11) is 1.30. The molecule has 42 heavy (non-hydrogen) atoms. The van der Waals surface area contributed by atoms with Crippen molar-refractivity contribution < 1.29 is 19.1 Å². The molecule has 0 saturated heterocycles. The van der Waals surface area contributed by atoms with Crippen molar-refractivity contribution in [2.45, 2.75) is 45.1 Å². The molecule has 1 fully saturated rings. The lowest BCUT2D eigenvalue weighted by atomic mass is 9.84. The number of Topliss-reactive ketones (excluding diaryl/α,β-unsaturated/α-hetero) is 1. The quantitative estimate of drug-likeness (QED) is 0.214. The first-order valence-electron chi connectivity index (χ1n) is 13.8. The summed E-state index contributed by atoms with van der Waals surface area (Å²) in [6, 6.07) is 15.9. The van der Waals surface area contributed by atoms with E-state index in [1.54, 1.807) is 47.0 Å². The molecule has 0 radical (unpaired) electrons. The summed E-state index contributed by atoms with van der Waals surface area (Å²) in [6.45, 7) is 0.252. The Kier molecular flexibility index (Phi) is 9.28. The summed E-state index contributed by atoms with van der Waals surface area (Å²) in [4.78, 5) is 47.0. The SMILES string of the molecule is COC(=O)c1cncc(Oc2ccc(Nc3ncc(CC(=O)C4CCCCC4)c(=O)n3Cc3ccc(Cl)cc3)cc2)c1. The van der Waals surface area contributed by atoms with Crippen molar-refractivity contribution in [2.24, 2.45) is 5.92 Å². The van der Waals surface area contributed by atoms with Crippen LogP contribution in [0.3, 0.4) is 0 Å². The molecule has 10 heteroatoms. The molecule has 0 atom stereocenters. The van der Waals surface area contributed by atoms with Gasteiger partial charge in [0.2, 0.25) is 5.95 Å². The van der Waals surface area contributed by atoms with Gasteiger partial charge in [0.1, 0.15) is 17.3 Å². The second-order valence-electron chi connectivity index (χ2n) is 10.3. The Morgan fingerprint density at radius 1 is 0.976 bits per heavy atom. The molecular formula is C32H31ClN4O5. The van der Waals surface area contributed by atoms with E-state index in [4.69, 9.17) is 21.1 Å². The van der Waals surface area contributed by atoms with Gasteiger partial charge < -0.3 is 14.8 Å². The molecule has 9 nitrogen and oxygen atoms in total. The first kappa shape index (κ1) is 29.0. The highest BCUT2D eigenvalue weighted by atomic mass is 35.5. The topological polar surface area (TPSA) is 112 Å². The standard InChI is InChI=1S/C32H31ClN4O5/c1-41-31(40)24-15-28(19-34-17-24)42-27-13-11-26(12-14-27)36-32-35-18-23(16-29(38)22-5-3-2-4-6-22)30(39)37(32)20-21-7-9-25(33)10-8-21/h7-15,17-19,22H,2-6,16,20H2,1H3,(H,35,36). The minimum absolute atomic E-state index is 0.0140. The van der Waals surface area contributed by atoms with Gasteiger partial charge in [-0.2, -0.15) is 0 Å². The van der Waals surface area contributed by atoms with Crippen LogP contribution in [0, 0.1) is 5.92 Å². The number of nitrogens with zero attached hydrogens (tertiary/aromatic N) is 3. The lowest BCUT2D eigenvalue weighted by molar-refractivity contribution is -0.123. The van der Waals surface area contributed by atoms with Crippen molar-refractivity contribution in [1.29, 1.82) is 0 Å². The number of rotatable bonds is 10. The van der Waals surface area contributed by atoms with Crippen LogP contribution in [0.1, 0.15) is 53.6 Å². The van der Waals surface area contributed by atoms with Gasteiger partial charge in [0.25, 0.3) is 5.56 Å². The van der Waals surface area contributed by atoms with E-state index in [0.717, 1.165) is 37.7 Å². The Hall–Kier alpha value is -4.50. The molecule has 1 saturated carbocycles. The third-order valence-corrected chi connectivity index (χ3v) is 7.53. The Labute approximate surface area is 248 Å². The number of esters is 1. The van der Waals surface area contributed by atoms with Gasteiger partial charge in [0.15, 0.2) is 0 Å². The second kappa shape index (κ2) is 13.4. The molecule has 0 unspecified atom stereocenters. The zero-order valence-corrected chi connectivity index (χ0v) is 24.0. The van der Waals surface area contributed by atoms with Crippen LogP contribution in [-0.2, 0) is 22.5 Å². The molecule has 1 aliphatic rings. The van der Waals surface area contributed by atoms with Gasteiger partial charge in [-0.3, -0.25) is 19.1 Å². The van der Waals surface area contributed by atoms with E-state index in [9.17, 15) is 14.4 Å². The molecule has 0 spiro atoms. The summed E-state index contributed by atoms with van der Waals surface area (Å²) in [6.07, 6.45) is 9.52. The number of aromatic nitrogens is 3. The van der Waals surface area contributed by atoms with E-state index in [0.29, 0.717) is 33.7 Å². The fourth-order valence-electron chi connectivity index (χ4n) is 5.01. The number of halogens is 1. The van der Waals surface area contributed by atoms with Crippen molar-refractivity contribution in [1.82, 2.24) is 14.5 Å². The second-order valence-corrected chi connectivity index (χ2v) is 10.7. The van der Waals surface area contributed by atoms with Crippen molar-refractivity contribution >= 4 is 35.0 Å². The predicted molar refractivity (Wildman–Crippen MR) is 160 cm³/mol.